The van der Waals surface area contributed by atoms with E-state index in [4.69, 9.17) is 9.57 Å². The van der Waals surface area contributed by atoms with Gasteiger partial charge in [-0.1, -0.05) is 198 Å². The molecular weight excluding hydrogens is 1410 g/mol. The Morgan fingerprint density at radius 3 is 1.45 bits per heavy atom. The molecule has 0 radical (unpaired) electrons. The lowest BCUT2D eigenvalue weighted by molar-refractivity contribution is -0.429. The first kappa shape index (κ1) is 82.2. The van der Waals surface area contributed by atoms with Crippen LogP contribution in [0, 0.1) is 6.92 Å². The SMILES string of the molecule is CCN(CCOCC(=O)ON1C(=O)CCC1=O)c1ccc(C2=C([O-])C(c3ccc(N(CC)CCn4cc(CS(=O)(=O)[O-])nn4)cc3O)C2[O-])cc1.CCNC(=O)c1cccc(C(=O)NCc2ccccccc(CNC(=O)c3cccc(C(=O)NCc4ccccccc(C)cccccc4)n3)cccccc2)n1. The fraction of sp³-hybridized carbons (Fsp3) is 0.247. The molecule has 27 nitrogen and oxygen atoms in total. The summed E-state index contributed by atoms with van der Waals surface area (Å²) in [5.41, 5.74) is 6.59. The van der Waals surface area contributed by atoms with Crippen LogP contribution in [0.3, 0.4) is 0 Å². The summed E-state index contributed by atoms with van der Waals surface area (Å²) in [4.78, 5) is 103. The minimum Gasteiger partial charge on any atom is -0.875 e. The molecule has 4 aromatic carbocycles. The standard InChI is InChI=1S/C48H48N6O4.C33H39N6O11S/c1-3-49-45(55)41-30-20-31-42(53-41)46(56)50-35-39-26-16-8-10-18-28-40(29-19-11-9-17-27-39)36-52-48(58)44-33-21-32-43(54-44)47(57)51-34-38-24-14-6-4-12-22-37(2)23-13-5-7-15-25-38;1-3-36(13-14-38-18-22(34-35-38)20-51(46,47)48)24-9-10-25(26(40)17-24)31-32(44)30(33(31)45)21-5-7-23(8-6-21)37(4-2)15-16-49-19-29(43)50-39-27(41)11-12-28(39)42/h4-33H,3,34-36H2,1-2H3,(H,49,55)(H,50,56)(H,51,57)(H,52,58);5-10,17-18,31-32,40,45H,3-4,11-16,19-20H2,1-2H3,(H,46,47,48)/q;-1/p-2. The number of anilines is 2. The van der Waals surface area contributed by atoms with Crippen molar-refractivity contribution in [1.29, 1.82) is 0 Å². The lowest BCUT2D eigenvalue weighted by atomic mass is 9.73. The number of aromatic nitrogens is 5. The number of nitrogens with zero attached hydrogens (tertiary/aromatic N) is 8. The van der Waals surface area contributed by atoms with Crippen LogP contribution < -0.4 is 41.3 Å². The van der Waals surface area contributed by atoms with E-state index in [1.165, 1.54) is 16.9 Å². The summed E-state index contributed by atoms with van der Waals surface area (Å²) in [6, 6.07) is 66.9. The molecule has 2 atom stereocenters. The Hall–Kier alpha value is -12.5. The van der Waals surface area contributed by atoms with E-state index >= 15 is 0 Å². The van der Waals surface area contributed by atoms with Crippen LogP contribution in [-0.2, 0) is 66.0 Å². The Balaban J connectivity index is 0.000000276. The zero-order valence-electron chi connectivity index (χ0n) is 60.6. The second-order valence-electron chi connectivity index (χ2n) is 24.5. The topological polar surface area (TPSA) is 376 Å². The number of hydrogen-bond donors (Lipinski definition) is 5. The summed E-state index contributed by atoms with van der Waals surface area (Å²) in [7, 11) is -4.48. The number of aryl methyl sites for hydroxylation is 1. The van der Waals surface area contributed by atoms with E-state index in [9.17, 15) is 61.9 Å². The molecule has 0 bridgehead atoms. The van der Waals surface area contributed by atoms with Crippen LogP contribution in [0.25, 0.3) is 5.57 Å². The van der Waals surface area contributed by atoms with Crippen molar-refractivity contribution < 1.29 is 71.4 Å². The molecule has 568 valence electrons. The van der Waals surface area contributed by atoms with E-state index in [0.717, 1.165) is 27.9 Å². The molecule has 7 aromatic rings. The van der Waals surface area contributed by atoms with Gasteiger partial charge in [-0.2, -0.15) is 0 Å². The predicted molar refractivity (Wildman–Crippen MR) is 403 cm³/mol. The van der Waals surface area contributed by atoms with Gasteiger partial charge in [0.1, 0.15) is 45.3 Å². The molecule has 1 aliphatic carbocycles. The third kappa shape index (κ3) is 25.9. The summed E-state index contributed by atoms with van der Waals surface area (Å²) < 4.78 is 39.7. The van der Waals surface area contributed by atoms with Crippen molar-refractivity contribution in [1.82, 2.24) is 51.3 Å². The monoisotopic (exact) mass is 1500 g/mol. The van der Waals surface area contributed by atoms with Crippen LogP contribution in [0.1, 0.15) is 121 Å². The molecule has 0 spiro atoms. The summed E-state index contributed by atoms with van der Waals surface area (Å²) in [6.07, 6.45) is -0.00183. The van der Waals surface area contributed by atoms with Crippen LogP contribution in [0.5, 0.6) is 5.75 Å². The smallest absolute Gasteiger partial charge is 0.358 e. The van der Waals surface area contributed by atoms with Gasteiger partial charge in [-0.05, 0) is 104 Å². The Bertz CT molecular complexity index is 4700. The van der Waals surface area contributed by atoms with E-state index in [1.54, 1.807) is 72.8 Å². The number of hydrogen-bond acceptors (Lipinski definition) is 21. The number of amides is 6. The first-order valence-corrected chi connectivity index (χ1v) is 36.7. The van der Waals surface area contributed by atoms with Crippen LogP contribution in [-0.4, -0.2) is 142 Å². The lowest BCUT2D eigenvalue weighted by Gasteiger charge is -2.51. The van der Waals surface area contributed by atoms with Gasteiger partial charge < -0.3 is 60.5 Å². The van der Waals surface area contributed by atoms with Crippen molar-refractivity contribution in [3.63, 3.8) is 0 Å². The highest BCUT2D eigenvalue weighted by molar-refractivity contribution is 7.84. The number of phenolic OH excluding ortho intramolecular Hbond substituents is 1. The lowest BCUT2D eigenvalue weighted by Crippen LogP contribution is -2.47. The highest BCUT2D eigenvalue weighted by Crippen LogP contribution is 2.47. The average molecular weight is 1500 g/mol. The number of imide groups is 1. The molecular formula is C81H85N12O15S-3. The van der Waals surface area contributed by atoms with Gasteiger partial charge in [-0.3, -0.25) is 33.4 Å². The van der Waals surface area contributed by atoms with Crippen molar-refractivity contribution in [2.75, 3.05) is 55.7 Å². The quantitative estimate of drug-likeness (QED) is 0.0181. The van der Waals surface area contributed by atoms with E-state index < -0.39 is 70.0 Å². The number of carbonyl (C=O) groups excluding carboxylic acids is 7. The maximum atomic E-state index is 13.3. The molecule has 1 aliphatic heterocycles. The number of rotatable bonds is 28. The molecule has 4 heterocycles. The Morgan fingerprint density at radius 2 is 1.02 bits per heavy atom. The van der Waals surface area contributed by atoms with Gasteiger partial charge in [-0.15, -0.1) is 15.9 Å². The highest BCUT2D eigenvalue weighted by atomic mass is 32.2. The third-order valence-electron chi connectivity index (χ3n) is 16.6. The van der Waals surface area contributed by atoms with E-state index in [2.05, 4.69) is 41.5 Å². The van der Waals surface area contributed by atoms with Gasteiger partial charge in [0.05, 0.1) is 24.6 Å². The van der Waals surface area contributed by atoms with Crippen molar-refractivity contribution >= 4 is 68.5 Å². The van der Waals surface area contributed by atoms with Gasteiger partial charge in [0.2, 0.25) is 0 Å². The number of ether oxygens (including phenoxy) is 1. The third-order valence-corrected chi connectivity index (χ3v) is 17.3. The van der Waals surface area contributed by atoms with Crippen molar-refractivity contribution in [2.45, 2.75) is 84.5 Å². The number of pyridine rings is 2. The Labute approximate surface area is 632 Å². The molecule has 109 heavy (non-hydrogen) atoms. The maximum Gasteiger partial charge on any atom is 0.358 e. The molecule has 3 aromatic heterocycles. The number of benzene rings is 2. The maximum absolute atomic E-state index is 13.3. The zero-order chi connectivity index (χ0) is 78.1. The predicted octanol–water partition coefficient (Wildman–Crippen LogP) is 7.43. The highest BCUT2D eigenvalue weighted by Gasteiger charge is 2.34. The van der Waals surface area contributed by atoms with Crippen LogP contribution in [0.2, 0.25) is 0 Å². The van der Waals surface area contributed by atoms with Gasteiger partial charge in [0.25, 0.3) is 35.4 Å². The second kappa shape index (κ2) is 42.0. The van der Waals surface area contributed by atoms with E-state index in [0.29, 0.717) is 55.6 Å². The summed E-state index contributed by atoms with van der Waals surface area (Å²) in [5.74, 6) is -5.90. The van der Waals surface area contributed by atoms with Gasteiger partial charge in [0.15, 0.2) is 0 Å². The first-order valence-electron chi connectivity index (χ1n) is 35.1. The van der Waals surface area contributed by atoms with Crippen LogP contribution in [0.4, 0.5) is 11.4 Å². The zero-order valence-corrected chi connectivity index (χ0v) is 61.5. The number of likely N-dealkylation sites (N-methyl/N-ethyl adjacent to an activating group) is 2. The molecule has 0 saturated carbocycles. The minimum atomic E-state index is -4.48. The summed E-state index contributed by atoms with van der Waals surface area (Å²) >= 11 is 0. The summed E-state index contributed by atoms with van der Waals surface area (Å²) in [6.45, 7) is 10.8. The minimum absolute atomic E-state index is 0.000275. The molecule has 1 fully saturated rings. The fourth-order valence-electron chi connectivity index (χ4n) is 11.0. The molecule has 6 amide bonds. The summed E-state index contributed by atoms with van der Waals surface area (Å²) in [5, 5.41) is 56.8. The van der Waals surface area contributed by atoms with Crippen molar-refractivity contribution in [2.24, 2.45) is 0 Å². The molecule has 1 saturated heterocycles. The molecule has 2 aliphatic rings. The van der Waals surface area contributed by atoms with E-state index in [1.807, 2.05) is 183 Å². The largest absolute Gasteiger partial charge is 0.875 e. The molecule has 5 N–H and O–H groups in total. The average Bonchev–Trinajstić information content (AvgIpc) is 1.13. The number of hydroxylamine groups is 2. The van der Waals surface area contributed by atoms with Gasteiger partial charge in [0, 0.05) is 88.8 Å². The fourth-order valence-corrected chi connectivity index (χ4v) is 11.5. The Kier molecular flexibility index (Phi) is 31.7. The number of aromatic hydroxyl groups is 1. The van der Waals surface area contributed by atoms with E-state index in [-0.39, 0.29) is 96.1 Å². The normalized spacial score (nSPS) is 13.4. The number of nitrogens with one attached hydrogen (secondary N) is 4. The number of phenols is 1. The first-order chi connectivity index (χ1) is 52.6. The van der Waals surface area contributed by atoms with Gasteiger partial charge in [-0.25, -0.2) is 23.2 Å². The molecule has 2 unspecified atom stereocenters. The number of carbonyl (C=O) groups is 7. The van der Waals surface area contributed by atoms with Crippen LogP contribution >= 0.6 is 0 Å². The van der Waals surface area contributed by atoms with Crippen LogP contribution in [0.15, 0.2) is 236 Å². The van der Waals surface area contributed by atoms with Crippen molar-refractivity contribution in [3.05, 3.63) is 298 Å². The van der Waals surface area contributed by atoms with Gasteiger partial charge >= 0.3 is 5.97 Å². The molecule has 28 heteroatoms. The molecule has 9 rings (SSSR count). The second-order valence-corrected chi connectivity index (χ2v) is 25.9. The Morgan fingerprint density at radius 1 is 0.578 bits per heavy atom. The van der Waals surface area contributed by atoms with Crippen molar-refractivity contribution in [3.8, 4) is 5.75 Å².